The SMILES string of the molecule is CCCCC=CCCC(C)C(C)C. The van der Waals surface area contributed by atoms with Gasteiger partial charge in [0.15, 0.2) is 0 Å². The molecule has 1 atom stereocenters. The molecule has 0 radical (unpaired) electrons. The molecule has 0 aliphatic carbocycles. The van der Waals surface area contributed by atoms with Crippen molar-refractivity contribution in [2.45, 2.75) is 59.8 Å². The lowest BCUT2D eigenvalue weighted by molar-refractivity contribution is 0.395. The summed E-state index contributed by atoms with van der Waals surface area (Å²) in [6.45, 7) is 9.22. The zero-order valence-corrected chi connectivity index (χ0v) is 9.84. The molecule has 13 heavy (non-hydrogen) atoms. The van der Waals surface area contributed by atoms with Crippen LogP contribution in [0, 0.1) is 11.8 Å². The molecular formula is C13H26. The fraction of sp³-hybridized carbons (Fsp3) is 0.846. The van der Waals surface area contributed by atoms with Crippen LogP contribution in [0.1, 0.15) is 59.8 Å². The molecule has 0 bridgehead atoms. The lowest BCUT2D eigenvalue weighted by Crippen LogP contribution is -2.02. The van der Waals surface area contributed by atoms with E-state index in [-0.39, 0.29) is 0 Å². The van der Waals surface area contributed by atoms with E-state index < -0.39 is 0 Å². The molecule has 0 heteroatoms. The molecule has 0 nitrogen and oxygen atoms in total. The summed E-state index contributed by atoms with van der Waals surface area (Å²) in [5.41, 5.74) is 0. The van der Waals surface area contributed by atoms with Crippen LogP contribution < -0.4 is 0 Å². The Kier molecular flexibility index (Phi) is 8.18. The van der Waals surface area contributed by atoms with Gasteiger partial charge in [0.1, 0.15) is 0 Å². The highest BCUT2D eigenvalue weighted by atomic mass is 14.1. The fourth-order valence-electron chi connectivity index (χ4n) is 1.25. The normalized spacial score (nSPS) is 14.2. The molecule has 1 unspecified atom stereocenters. The Labute approximate surface area is 84.4 Å². The van der Waals surface area contributed by atoms with Gasteiger partial charge in [0.25, 0.3) is 0 Å². The van der Waals surface area contributed by atoms with Crippen molar-refractivity contribution in [3.63, 3.8) is 0 Å². The highest BCUT2D eigenvalue weighted by Crippen LogP contribution is 2.16. The lowest BCUT2D eigenvalue weighted by Gasteiger charge is -2.13. The maximum Gasteiger partial charge on any atom is -0.0348 e. The maximum atomic E-state index is 2.36. The van der Waals surface area contributed by atoms with E-state index in [1.165, 1.54) is 32.1 Å². The third-order valence-electron chi connectivity index (χ3n) is 2.82. The van der Waals surface area contributed by atoms with Crippen LogP contribution in [0.3, 0.4) is 0 Å². The van der Waals surface area contributed by atoms with E-state index >= 15 is 0 Å². The summed E-state index contributed by atoms with van der Waals surface area (Å²) in [6.07, 6.45) is 11.2. The molecule has 0 aromatic carbocycles. The molecule has 0 heterocycles. The first kappa shape index (κ1) is 12.7. The minimum atomic E-state index is 0.837. The van der Waals surface area contributed by atoms with Crippen LogP contribution in [-0.4, -0.2) is 0 Å². The fourth-order valence-corrected chi connectivity index (χ4v) is 1.25. The second kappa shape index (κ2) is 8.34. The average Bonchev–Trinajstić information content (AvgIpc) is 2.10. The van der Waals surface area contributed by atoms with E-state index in [1.807, 2.05) is 0 Å². The molecule has 0 aliphatic heterocycles. The molecule has 0 amide bonds. The standard InChI is InChI=1S/C13H26/c1-5-6-7-8-9-10-11-13(4)12(2)3/h8-9,12-13H,5-7,10-11H2,1-4H3. The second-order valence-corrected chi connectivity index (χ2v) is 4.41. The van der Waals surface area contributed by atoms with Crippen LogP contribution in [0.25, 0.3) is 0 Å². The molecule has 0 aliphatic rings. The molecule has 0 aromatic rings. The minimum Gasteiger partial charge on any atom is -0.0885 e. The molecule has 0 saturated heterocycles. The van der Waals surface area contributed by atoms with Gasteiger partial charge in [-0.3, -0.25) is 0 Å². The third-order valence-corrected chi connectivity index (χ3v) is 2.82. The zero-order chi connectivity index (χ0) is 10.1. The summed E-state index contributed by atoms with van der Waals surface area (Å²) < 4.78 is 0. The Morgan fingerprint density at radius 2 is 1.62 bits per heavy atom. The van der Waals surface area contributed by atoms with Crippen LogP contribution >= 0.6 is 0 Å². The van der Waals surface area contributed by atoms with Crippen LogP contribution in [0.5, 0.6) is 0 Å². The van der Waals surface area contributed by atoms with E-state index in [1.54, 1.807) is 0 Å². The van der Waals surface area contributed by atoms with Crippen molar-refractivity contribution in [3.05, 3.63) is 12.2 Å². The largest absolute Gasteiger partial charge is 0.0885 e. The Morgan fingerprint density at radius 1 is 1.00 bits per heavy atom. The van der Waals surface area contributed by atoms with E-state index in [4.69, 9.17) is 0 Å². The zero-order valence-electron chi connectivity index (χ0n) is 9.84. The van der Waals surface area contributed by atoms with Gasteiger partial charge in [0, 0.05) is 0 Å². The molecule has 0 N–H and O–H groups in total. The number of allylic oxidation sites excluding steroid dienone is 2. The Hall–Kier alpha value is -0.260. The molecule has 0 rings (SSSR count). The Bertz CT molecular complexity index is 122. The van der Waals surface area contributed by atoms with Gasteiger partial charge in [-0.1, -0.05) is 52.7 Å². The van der Waals surface area contributed by atoms with Gasteiger partial charge in [0.2, 0.25) is 0 Å². The van der Waals surface area contributed by atoms with Crippen molar-refractivity contribution >= 4 is 0 Å². The van der Waals surface area contributed by atoms with E-state index in [2.05, 4.69) is 39.8 Å². The van der Waals surface area contributed by atoms with Crippen molar-refractivity contribution in [3.8, 4) is 0 Å². The topological polar surface area (TPSA) is 0 Å². The maximum absolute atomic E-state index is 2.36. The number of hydrogen-bond donors (Lipinski definition) is 0. The van der Waals surface area contributed by atoms with Gasteiger partial charge in [-0.15, -0.1) is 0 Å². The van der Waals surface area contributed by atoms with Crippen molar-refractivity contribution in [1.29, 1.82) is 0 Å². The minimum absolute atomic E-state index is 0.837. The van der Waals surface area contributed by atoms with E-state index in [0.29, 0.717) is 0 Å². The van der Waals surface area contributed by atoms with Crippen LogP contribution in [0.15, 0.2) is 12.2 Å². The van der Waals surface area contributed by atoms with Gasteiger partial charge in [-0.25, -0.2) is 0 Å². The summed E-state index contributed by atoms with van der Waals surface area (Å²) >= 11 is 0. The van der Waals surface area contributed by atoms with Gasteiger partial charge < -0.3 is 0 Å². The number of hydrogen-bond acceptors (Lipinski definition) is 0. The van der Waals surface area contributed by atoms with Crippen molar-refractivity contribution < 1.29 is 0 Å². The van der Waals surface area contributed by atoms with Crippen molar-refractivity contribution in [1.82, 2.24) is 0 Å². The van der Waals surface area contributed by atoms with Gasteiger partial charge in [-0.05, 0) is 31.1 Å². The van der Waals surface area contributed by atoms with Crippen LogP contribution in [0.2, 0.25) is 0 Å². The van der Waals surface area contributed by atoms with Gasteiger partial charge in [-0.2, -0.15) is 0 Å². The Morgan fingerprint density at radius 3 is 2.15 bits per heavy atom. The molecule has 0 spiro atoms. The summed E-state index contributed by atoms with van der Waals surface area (Å²) in [5.74, 6) is 1.71. The summed E-state index contributed by atoms with van der Waals surface area (Å²) in [7, 11) is 0. The van der Waals surface area contributed by atoms with E-state index in [9.17, 15) is 0 Å². The first-order valence-electron chi connectivity index (χ1n) is 5.83. The average molecular weight is 182 g/mol. The summed E-state index contributed by atoms with van der Waals surface area (Å²) in [6, 6.07) is 0. The predicted octanol–water partition coefficient (Wildman–Crippen LogP) is 4.81. The molecule has 0 saturated carbocycles. The smallest absolute Gasteiger partial charge is 0.0348 e. The van der Waals surface area contributed by atoms with E-state index in [0.717, 1.165) is 11.8 Å². The van der Waals surface area contributed by atoms with Crippen molar-refractivity contribution in [2.75, 3.05) is 0 Å². The molecule has 78 valence electrons. The first-order valence-corrected chi connectivity index (χ1v) is 5.83. The van der Waals surface area contributed by atoms with Gasteiger partial charge in [0.05, 0.1) is 0 Å². The van der Waals surface area contributed by atoms with Crippen LogP contribution in [0.4, 0.5) is 0 Å². The lowest BCUT2D eigenvalue weighted by atomic mass is 9.93. The Balaban J connectivity index is 3.28. The summed E-state index contributed by atoms with van der Waals surface area (Å²) in [5, 5.41) is 0. The monoisotopic (exact) mass is 182 g/mol. The van der Waals surface area contributed by atoms with Crippen LogP contribution in [-0.2, 0) is 0 Å². The number of unbranched alkanes of at least 4 members (excludes halogenated alkanes) is 2. The highest BCUT2D eigenvalue weighted by Gasteiger charge is 2.04. The first-order chi connectivity index (χ1) is 6.18. The molecule has 0 fully saturated rings. The third kappa shape index (κ3) is 8.08. The molecular weight excluding hydrogens is 156 g/mol. The number of rotatable bonds is 7. The molecule has 0 aromatic heterocycles. The van der Waals surface area contributed by atoms with Gasteiger partial charge >= 0.3 is 0 Å². The predicted molar refractivity (Wildman–Crippen MR) is 61.9 cm³/mol. The highest BCUT2D eigenvalue weighted by molar-refractivity contribution is 4.81. The second-order valence-electron chi connectivity index (χ2n) is 4.41. The van der Waals surface area contributed by atoms with Crippen molar-refractivity contribution in [2.24, 2.45) is 11.8 Å². The quantitative estimate of drug-likeness (QED) is 0.392. The summed E-state index contributed by atoms with van der Waals surface area (Å²) in [4.78, 5) is 0.